The number of carbonyl (C=O) groups is 2. The van der Waals surface area contributed by atoms with E-state index in [1.165, 1.54) is 0 Å². The molecule has 19 heavy (non-hydrogen) atoms. The molecule has 0 aromatic heterocycles. The molecule has 0 atom stereocenters. The van der Waals surface area contributed by atoms with Crippen LogP contribution in [0, 0.1) is 0 Å². The van der Waals surface area contributed by atoms with E-state index >= 15 is 0 Å². The van der Waals surface area contributed by atoms with Crippen molar-refractivity contribution >= 4 is 17.6 Å². The Balaban J connectivity index is 2.77. The van der Waals surface area contributed by atoms with E-state index in [2.05, 4.69) is 29.1 Å². The third kappa shape index (κ3) is 4.67. The Morgan fingerprint density at radius 3 is 2.37 bits per heavy atom. The molecule has 1 aromatic carbocycles. The highest BCUT2D eigenvalue weighted by atomic mass is 16.2. The lowest BCUT2D eigenvalue weighted by Crippen LogP contribution is -2.30. The molecular weight excluding hydrogens is 242 g/mol. The lowest BCUT2D eigenvalue weighted by atomic mass is 10.1. The molecule has 0 fully saturated rings. The second-order valence-electron chi connectivity index (χ2n) is 3.67. The van der Waals surface area contributed by atoms with E-state index in [0.29, 0.717) is 24.3 Å². The summed E-state index contributed by atoms with van der Waals surface area (Å²) in [4.78, 5) is 23.4. The second kappa shape index (κ2) is 7.71. The highest BCUT2D eigenvalue weighted by molar-refractivity contribution is 6.03. The Hall–Kier alpha value is -2.56. The summed E-state index contributed by atoms with van der Waals surface area (Å²) in [6.45, 7) is 7.76. The van der Waals surface area contributed by atoms with E-state index in [4.69, 9.17) is 0 Å². The van der Waals surface area contributed by atoms with Crippen molar-refractivity contribution in [3.8, 4) is 0 Å². The summed E-state index contributed by atoms with van der Waals surface area (Å²) >= 11 is 0. The van der Waals surface area contributed by atoms with E-state index in [1.807, 2.05) is 0 Å². The molecule has 0 saturated carbocycles. The van der Waals surface area contributed by atoms with Crippen LogP contribution in [0.3, 0.4) is 0 Å². The highest BCUT2D eigenvalue weighted by Gasteiger charge is 2.11. The Morgan fingerprint density at radius 1 is 1.05 bits per heavy atom. The van der Waals surface area contributed by atoms with E-state index in [-0.39, 0.29) is 11.9 Å². The largest absolute Gasteiger partial charge is 0.349 e. The van der Waals surface area contributed by atoms with Crippen molar-refractivity contribution in [2.45, 2.75) is 0 Å². The predicted octanol–water partition coefficient (Wildman–Crippen LogP) is 1.91. The fourth-order valence-corrected chi connectivity index (χ4v) is 1.38. The van der Waals surface area contributed by atoms with Crippen molar-refractivity contribution in [2.75, 3.05) is 18.4 Å². The van der Waals surface area contributed by atoms with Gasteiger partial charge in [-0.1, -0.05) is 24.3 Å². The average Bonchev–Trinajstić information content (AvgIpc) is 2.43. The van der Waals surface area contributed by atoms with E-state index in [9.17, 15) is 9.59 Å². The number of para-hydroxylation sites is 1. The zero-order valence-electron chi connectivity index (χ0n) is 10.6. The molecule has 0 unspecified atom stereocenters. The van der Waals surface area contributed by atoms with Crippen molar-refractivity contribution in [1.82, 2.24) is 10.6 Å². The van der Waals surface area contributed by atoms with Crippen LogP contribution in [0.4, 0.5) is 10.5 Å². The first-order chi connectivity index (χ1) is 9.19. The van der Waals surface area contributed by atoms with Crippen LogP contribution in [0.25, 0.3) is 0 Å². The van der Waals surface area contributed by atoms with Crippen molar-refractivity contribution in [2.24, 2.45) is 0 Å². The minimum Gasteiger partial charge on any atom is -0.349 e. The third-order valence-electron chi connectivity index (χ3n) is 2.23. The van der Waals surface area contributed by atoms with Crippen LogP contribution in [0.15, 0.2) is 49.6 Å². The molecule has 0 radical (unpaired) electrons. The maximum absolute atomic E-state index is 11.9. The zero-order valence-corrected chi connectivity index (χ0v) is 10.6. The number of anilines is 1. The molecule has 0 saturated heterocycles. The standard InChI is InChI=1S/C14H17N3O2/c1-3-9-15-13(18)11-7-5-6-8-12(11)17-14(19)16-10-4-2/h3-8H,1-2,9-10H2,(H,15,18)(H2,16,17,19). The Morgan fingerprint density at radius 2 is 1.68 bits per heavy atom. The van der Waals surface area contributed by atoms with Gasteiger partial charge in [-0.3, -0.25) is 4.79 Å². The maximum atomic E-state index is 11.9. The first-order valence-electron chi connectivity index (χ1n) is 5.83. The van der Waals surface area contributed by atoms with Crippen molar-refractivity contribution < 1.29 is 9.59 Å². The van der Waals surface area contributed by atoms with Crippen molar-refractivity contribution in [1.29, 1.82) is 0 Å². The molecule has 0 aliphatic carbocycles. The molecule has 0 bridgehead atoms. The van der Waals surface area contributed by atoms with Crippen molar-refractivity contribution in [3.05, 3.63) is 55.1 Å². The Kier molecular flexibility index (Phi) is 5.88. The van der Waals surface area contributed by atoms with Gasteiger partial charge < -0.3 is 16.0 Å². The number of nitrogens with one attached hydrogen (secondary N) is 3. The average molecular weight is 259 g/mol. The van der Waals surface area contributed by atoms with Gasteiger partial charge in [-0.05, 0) is 12.1 Å². The molecule has 0 aliphatic heterocycles. The lowest BCUT2D eigenvalue weighted by Gasteiger charge is -2.11. The van der Waals surface area contributed by atoms with Crippen LogP contribution >= 0.6 is 0 Å². The summed E-state index contributed by atoms with van der Waals surface area (Å²) in [5.74, 6) is -0.264. The first kappa shape index (κ1) is 14.5. The maximum Gasteiger partial charge on any atom is 0.319 e. The van der Waals surface area contributed by atoms with Gasteiger partial charge in [0.2, 0.25) is 0 Å². The molecule has 0 spiro atoms. The zero-order chi connectivity index (χ0) is 14.1. The van der Waals surface area contributed by atoms with Crippen molar-refractivity contribution in [3.63, 3.8) is 0 Å². The summed E-state index contributed by atoms with van der Waals surface area (Å²) in [7, 11) is 0. The molecule has 1 aromatic rings. The normalized spacial score (nSPS) is 9.26. The second-order valence-corrected chi connectivity index (χ2v) is 3.67. The molecule has 3 N–H and O–H groups in total. The SMILES string of the molecule is C=CCNC(=O)Nc1ccccc1C(=O)NCC=C. The number of amides is 3. The van der Waals surface area contributed by atoms with Gasteiger partial charge in [0.05, 0.1) is 11.3 Å². The van der Waals surface area contributed by atoms with Gasteiger partial charge in [0, 0.05) is 13.1 Å². The van der Waals surface area contributed by atoms with Gasteiger partial charge in [0.1, 0.15) is 0 Å². The van der Waals surface area contributed by atoms with Crippen LogP contribution in [0.2, 0.25) is 0 Å². The minimum atomic E-state index is -0.385. The number of hydrogen-bond donors (Lipinski definition) is 3. The topological polar surface area (TPSA) is 70.2 Å². The van der Waals surface area contributed by atoms with Crippen LogP contribution < -0.4 is 16.0 Å². The van der Waals surface area contributed by atoms with E-state index < -0.39 is 0 Å². The molecule has 100 valence electrons. The molecule has 5 heteroatoms. The van der Waals surface area contributed by atoms with Crippen LogP contribution in [-0.4, -0.2) is 25.0 Å². The molecule has 5 nitrogen and oxygen atoms in total. The number of benzene rings is 1. The minimum absolute atomic E-state index is 0.264. The van der Waals surface area contributed by atoms with Crippen LogP contribution in [0.1, 0.15) is 10.4 Å². The molecule has 0 aliphatic rings. The third-order valence-corrected chi connectivity index (χ3v) is 2.23. The summed E-state index contributed by atoms with van der Waals surface area (Å²) in [5, 5.41) is 7.85. The van der Waals surface area contributed by atoms with Gasteiger partial charge >= 0.3 is 6.03 Å². The quantitative estimate of drug-likeness (QED) is 0.683. The predicted molar refractivity (Wildman–Crippen MR) is 76.2 cm³/mol. The number of carbonyl (C=O) groups excluding carboxylic acids is 2. The molecular formula is C14H17N3O2. The van der Waals surface area contributed by atoms with Gasteiger partial charge in [0.25, 0.3) is 5.91 Å². The van der Waals surface area contributed by atoms with Crippen LogP contribution in [-0.2, 0) is 0 Å². The fraction of sp³-hybridized carbons (Fsp3) is 0.143. The van der Waals surface area contributed by atoms with Gasteiger partial charge in [0.15, 0.2) is 0 Å². The smallest absolute Gasteiger partial charge is 0.319 e. The van der Waals surface area contributed by atoms with Gasteiger partial charge in [-0.25, -0.2) is 4.79 Å². The number of rotatable bonds is 6. The summed E-state index contributed by atoms with van der Waals surface area (Å²) in [6.07, 6.45) is 3.16. The first-order valence-corrected chi connectivity index (χ1v) is 5.83. The summed E-state index contributed by atoms with van der Waals surface area (Å²) < 4.78 is 0. The molecule has 0 heterocycles. The van der Waals surface area contributed by atoms with Gasteiger partial charge in [-0.15, -0.1) is 13.2 Å². The monoisotopic (exact) mass is 259 g/mol. The summed E-state index contributed by atoms with van der Waals surface area (Å²) in [5.41, 5.74) is 0.851. The number of hydrogen-bond acceptors (Lipinski definition) is 2. The Labute approximate surface area is 112 Å². The Bertz CT molecular complexity index is 483. The molecule has 3 amide bonds. The molecule has 1 rings (SSSR count). The fourth-order valence-electron chi connectivity index (χ4n) is 1.38. The van der Waals surface area contributed by atoms with E-state index in [1.54, 1.807) is 36.4 Å². The summed E-state index contributed by atoms with van der Waals surface area (Å²) in [6, 6.07) is 6.39. The number of urea groups is 1. The lowest BCUT2D eigenvalue weighted by molar-refractivity contribution is 0.0959. The highest BCUT2D eigenvalue weighted by Crippen LogP contribution is 2.14. The van der Waals surface area contributed by atoms with E-state index in [0.717, 1.165) is 0 Å². The van der Waals surface area contributed by atoms with Gasteiger partial charge in [-0.2, -0.15) is 0 Å². The van der Waals surface area contributed by atoms with Crippen LogP contribution in [0.5, 0.6) is 0 Å².